The molecule has 4 N–H and O–H groups in total. The number of rotatable bonds is 20. The van der Waals surface area contributed by atoms with E-state index in [1.807, 2.05) is 49.6 Å². The Morgan fingerprint density at radius 2 is 1.80 bits per heavy atom. The van der Waals surface area contributed by atoms with E-state index >= 15 is 0 Å². The number of hydrogen-bond donors (Lipinski definition) is 4. The fraction of sp³-hybridized carbons (Fsp3) is 0.550. The summed E-state index contributed by atoms with van der Waals surface area (Å²) in [6.45, 7) is 9.93. The summed E-state index contributed by atoms with van der Waals surface area (Å²) in [5, 5.41) is 33.3. The van der Waals surface area contributed by atoms with Gasteiger partial charge in [0.2, 0.25) is 15.9 Å². The minimum Gasteiger partial charge on any atom is -0.411 e. The van der Waals surface area contributed by atoms with Crippen molar-refractivity contribution in [1.82, 2.24) is 29.7 Å². The van der Waals surface area contributed by atoms with Gasteiger partial charge >= 0.3 is 6.03 Å². The van der Waals surface area contributed by atoms with Gasteiger partial charge in [-0.05, 0) is 54.4 Å². The van der Waals surface area contributed by atoms with Crippen molar-refractivity contribution in [2.24, 2.45) is 17.0 Å². The number of aromatic nitrogens is 1. The Bertz CT molecular complexity index is 1820. The van der Waals surface area contributed by atoms with Crippen LogP contribution < -0.4 is 10.6 Å². The van der Waals surface area contributed by atoms with Crippen molar-refractivity contribution in [3.63, 3.8) is 0 Å². The Morgan fingerprint density at radius 3 is 2.45 bits per heavy atom. The topological polar surface area (TPSA) is 168 Å². The normalized spacial score (nSPS) is 17.8. The van der Waals surface area contributed by atoms with E-state index in [0.29, 0.717) is 44.2 Å². The van der Waals surface area contributed by atoms with Crippen LogP contribution in [0.1, 0.15) is 81.6 Å². The van der Waals surface area contributed by atoms with Crippen LogP contribution >= 0.6 is 11.3 Å². The van der Waals surface area contributed by atoms with Crippen molar-refractivity contribution >= 4 is 39.5 Å². The van der Waals surface area contributed by atoms with E-state index in [2.05, 4.69) is 29.6 Å². The second kappa shape index (κ2) is 19.8. The maximum atomic E-state index is 14.4. The summed E-state index contributed by atoms with van der Waals surface area (Å²) < 4.78 is 29.7. The molecule has 13 nitrogen and oxygen atoms in total. The number of amides is 3. The Hall–Kier alpha value is -3.89. The summed E-state index contributed by atoms with van der Waals surface area (Å²) in [7, 11) is -4.05. The Labute approximate surface area is 329 Å². The van der Waals surface area contributed by atoms with Crippen molar-refractivity contribution in [3.05, 3.63) is 81.8 Å². The van der Waals surface area contributed by atoms with Crippen LogP contribution in [0, 0.1) is 11.8 Å². The van der Waals surface area contributed by atoms with Crippen LogP contribution in [0.2, 0.25) is 0 Å². The molecule has 1 aliphatic heterocycles. The van der Waals surface area contributed by atoms with Gasteiger partial charge in [0.25, 0.3) is 0 Å². The van der Waals surface area contributed by atoms with Crippen LogP contribution in [0.3, 0.4) is 0 Å². The second-order valence-corrected chi connectivity index (χ2v) is 18.0. The average molecular weight is 796 g/mol. The molecule has 2 fully saturated rings. The van der Waals surface area contributed by atoms with Crippen molar-refractivity contribution in [3.8, 4) is 0 Å². The third-order valence-corrected chi connectivity index (χ3v) is 13.4. The maximum Gasteiger partial charge on any atom is 0.321 e. The van der Waals surface area contributed by atoms with Crippen LogP contribution in [-0.4, -0.2) is 106 Å². The molecule has 2 aromatic carbocycles. The molecule has 2 aliphatic rings. The summed E-state index contributed by atoms with van der Waals surface area (Å²) in [4.78, 5) is 36.5. The van der Waals surface area contributed by atoms with Gasteiger partial charge in [-0.1, -0.05) is 94.6 Å². The molecule has 3 aromatic rings. The van der Waals surface area contributed by atoms with Crippen LogP contribution in [0.25, 0.3) is 0 Å². The van der Waals surface area contributed by atoms with Gasteiger partial charge in [0.1, 0.15) is 11.0 Å². The van der Waals surface area contributed by atoms with Gasteiger partial charge < -0.3 is 30.7 Å². The molecule has 300 valence electrons. The van der Waals surface area contributed by atoms with E-state index in [4.69, 9.17) is 10.2 Å². The van der Waals surface area contributed by atoms with Crippen LogP contribution in [0.4, 0.5) is 4.79 Å². The van der Waals surface area contributed by atoms with Gasteiger partial charge in [-0.3, -0.25) is 4.79 Å². The molecule has 3 amide bonds. The highest BCUT2D eigenvalue weighted by Crippen LogP contribution is 2.29. The zero-order valence-electron chi connectivity index (χ0n) is 32.4. The molecule has 0 radical (unpaired) electrons. The van der Waals surface area contributed by atoms with Crippen LogP contribution in [-0.2, 0) is 34.3 Å². The lowest BCUT2D eigenvalue weighted by Crippen LogP contribution is -2.57. The molecule has 55 heavy (non-hydrogen) atoms. The number of thiazole rings is 1. The summed E-state index contributed by atoms with van der Waals surface area (Å²) in [5.41, 5.74) is 2.22. The highest BCUT2D eigenvalue weighted by atomic mass is 32.2. The first kappa shape index (κ1) is 42.3. The lowest BCUT2D eigenvalue weighted by molar-refractivity contribution is -0.128. The third kappa shape index (κ3) is 11.3. The van der Waals surface area contributed by atoms with Crippen LogP contribution in [0.15, 0.2) is 70.0 Å². The van der Waals surface area contributed by atoms with Crippen molar-refractivity contribution < 1.29 is 28.3 Å². The number of hydrogen-bond acceptors (Lipinski definition) is 10. The van der Waals surface area contributed by atoms with E-state index in [1.54, 1.807) is 33.3 Å². The molecular weight excluding hydrogens is 739 g/mol. The first-order valence-corrected chi connectivity index (χ1v) is 21.7. The third-order valence-electron chi connectivity index (χ3n) is 10.7. The standard InChI is InChI=1S/C40H57N7O6S2/c1-5-29(4)38(47-20-19-45(40(47)50)25-33-27-54-37(43-33)23-41-28(2)3)39(49)44-35(21-30-11-7-6-8-12-30)36(48)26-46(24-32-13-9-10-14-32)55(52,53)34-17-15-31(16-18-34)22-42-51/h6-8,11-12,15-18,22,27-29,32,35-36,38,41,48,51H,5,9-10,13-14,19-21,23-26H2,1-4H3,(H,44,49)/b42-22+/t29-,35+,36-,38-/m1/s1. The fourth-order valence-electron chi connectivity index (χ4n) is 7.37. The number of benzene rings is 2. The Kier molecular flexibility index (Phi) is 15.2. The molecule has 2 heterocycles. The van der Waals surface area contributed by atoms with E-state index < -0.39 is 28.2 Å². The summed E-state index contributed by atoms with van der Waals surface area (Å²) in [6.07, 6.45) is 4.68. The van der Waals surface area contributed by atoms with E-state index in [-0.39, 0.29) is 48.2 Å². The molecule has 1 aromatic heterocycles. The number of sulfonamides is 1. The summed E-state index contributed by atoms with van der Waals surface area (Å²) in [5.74, 6) is -0.424. The average Bonchev–Trinajstić information content (AvgIpc) is 3.94. The predicted molar refractivity (Wildman–Crippen MR) is 214 cm³/mol. The summed E-state index contributed by atoms with van der Waals surface area (Å²) in [6, 6.07) is 14.0. The number of carbonyl (C=O) groups excluding carboxylic acids is 2. The van der Waals surface area contributed by atoms with E-state index in [9.17, 15) is 23.1 Å². The lowest BCUT2D eigenvalue weighted by Gasteiger charge is -2.35. The molecule has 4 atom stereocenters. The van der Waals surface area contributed by atoms with E-state index in [1.165, 1.54) is 22.7 Å². The molecule has 15 heteroatoms. The quantitative estimate of drug-likeness (QED) is 0.0699. The molecule has 1 aliphatic carbocycles. The lowest BCUT2D eigenvalue weighted by atomic mass is 9.95. The molecule has 0 bridgehead atoms. The first-order chi connectivity index (χ1) is 26.4. The molecule has 5 rings (SSSR count). The number of nitrogens with one attached hydrogen (secondary N) is 2. The maximum absolute atomic E-state index is 14.4. The fourth-order valence-corrected chi connectivity index (χ4v) is 9.64. The Morgan fingerprint density at radius 1 is 1.09 bits per heavy atom. The molecule has 1 saturated heterocycles. The number of carbonyl (C=O) groups is 2. The van der Waals surface area contributed by atoms with Gasteiger partial charge in [0, 0.05) is 44.1 Å². The van der Waals surface area contributed by atoms with Gasteiger partial charge in [0.15, 0.2) is 0 Å². The molecular formula is C40H57N7O6S2. The minimum absolute atomic E-state index is 0.0615. The van der Waals surface area contributed by atoms with Gasteiger partial charge in [-0.25, -0.2) is 18.2 Å². The van der Waals surface area contributed by atoms with Gasteiger partial charge in [-0.15, -0.1) is 11.3 Å². The zero-order valence-corrected chi connectivity index (χ0v) is 34.0. The monoisotopic (exact) mass is 795 g/mol. The SMILES string of the molecule is CC[C@@H](C)[C@H](C(=O)N[C@@H](Cc1ccccc1)[C@H](O)CN(CC1CCCC1)S(=O)(=O)c1ccc(/C=N/O)cc1)N1CCN(Cc2csc(CNC(C)C)n2)C1=O. The summed E-state index contributed by atoms with van der Waals surface area (Å²) >= 11 is 1.55. The van der Waals surface area contributed by atoms with Gasteiger partial charge in [0.05, 0.1) is 35.5 Å². The molecule has 1 saturated carbocycles. The highest BCUT2D eigenvalue weighted by molar-refractivity contribution is 7.89. The zero-order chi connectivity index (χ0) is 39.5. The smallest absolute Gasteiger partial charge is 0.321 e. The van der Waals surface area contributed by atoms with Crippen molar-refractivity contribution in [1.29, 1.82) is 0 Å². The highest BCUT2D eigenvalue weighted by Gasteiger charge is 2.41. The van der Waals surface area contributed by atoms with Crippen molar-refractivity contribution in [2.75, 3.05) is 26.2 Å². The Balaban J connectivity index is 1.36. The second-order valence-electron chi connectivity index (χ2n) is 15.2. The van der Waals surface area contributed by atoms with Gasteiger partial charge in [-0.2, -0.15) is 4.31 Å². The number of urea groups is 1. The molecule has 0 spiro atoms. The minimum atomic E-state index is -4.05. The first-order valence-electron chi connectivity index (χ1n) is 19.4. The largest absolute Gasteiger partial charge is 0.411 e. The predicted octanol–water partition coefficient (Wildman–Crippen LogP) is 5.07. The van der Waals surface area contributed by atoms with E-state index in [0.717, 1.165) is 41.9 Å². The molecule has 0 unspecified atom stereocenters. The number of aliphatic hydroxyl groups is 1. The number of nitrogens with zero attached hydrogens (tertiary/aromatic N) is 5. The van der Waals surface area contributed by atoms with Crippen molar-refractivity contribution in [2.45, 2.75) is 108 Å². The van der Waals surface area contributed by atoms with Crippen LogP contribution in [0.5, 0.6) is 0 Å². The number of aliphatic hydroxyl groups excluding tert-OH is 1. The number of oxime groups is 1.